The van der Waals surface area contributed by atoms with Crippen molar-refractivity contribution in [3.05, 3.63) is 11.4 Å². The maximum atomic E-state index is 4.73. The molecular weight excluding hydrogens is 248 g/mol. The van der Waals surface area contributed by atoms with E-state index in [1.165, 1.54) is 0 Å². The Morgan fingerprint density at radius 1 is 0.900 bits per heavy atom. The molecule has 1 rings (SSSR count). The fourth-order valence-corrected chi connectivity index (χ4v) is 1.71. The average Bonchev–Trinajstić information content (AvgIpc) is 2.27. The quantitative estimate of drug-likeness (QED) is 0.875. The molecule has 0 saturated carbocycles. The molecule has 2 N–H and O–H groups in total. The minimum absolute atomic E-state index is 0.0595. The number of aromatic nitrogens is 2. The second-order valence-corrected chi connectivity index (χ2v) is 7.56. The third-order valence-electron chi connectivity index (χ3n) is 2.95. The molecule has 0 unspecified atom stereocenters. The molecule has 0 spiro atoms. The summed E-state index contributed by atoms with van der Waals surface area (Å²) in [6.45, 7) is 19.0. The number of nitrogens with zero attached hydrogens (tertiary/aromatic N) is 2. The van der Waals surface area contributed by atoms with Gasteiger partial charge in [0.25, 0.3) is 0 Å². The molecule has 20 heavy (non-hydrogen) atoms. The number of hydrogen-bond donors (Lipinski definition) is 2. The molecule has 0 aromatic carbocycles. The zero-order valence-electron chi connectivity index (χ0n) is 14.3. The van der Waals surface area contributed by atoms with Gasteiger partial charge in [-0.25, -0.2) is 9.97 Å². The van der Waals surface area contributed by atoms with Gasteiger partial charge in [-0.2, -0.15) is 0 Å². The highest BCUT2D eigenvalue weighted by atomic mass is 15.1. The highest BCUT2D eigenvalue weighted by Crippen LogP contribution is 2.27. The molecule has 1 aromatic heterocycles. The van der Waals surface area contributed by atoms with Crippen molar-refractivity contribution in [2.45, 2.75) is 60.8 Å². The Bertz CT molecular complexity index is 453. The zero-order valence-corrected chi connectivity index (χ0v) is 14.3. The van der Waals surface area contributed by atoms with Crippen LogP contribution in [0.15, 0.2) is 0 Å². The molecule has 0 fully saturated rings. The van der Waals surface area contributed by atoms with Crippen molar-refractivity contribution < 1.29 is 0 Å². The highest BCUT2D eigenvalue weighted by Gasteiger charge is 2.21. The summed E-state index contributed by atoms with van der Waals surface area (Å²) in [5.74, 6) is 2.75. The number of rotatable bonds is 4. The molecule has 0 amide bonds. The predicted octanol–water partition coefficient (Wildman–Crippen LogP) is 3.97. The van der Waals surface area contributed by atoms with E-state index in [2.05, 4.69) is 71.0 Å². The average molecular weight is 278 g/mol. The molecule has 0 atom stereocenters. The lowest BCUT2D eigenvalue weighted by Crippen LogP contribution is -2.23. The third-order valence-corrected chi connectivity index (χ3v) is 2.95. The lowest BCUT2D eigenvalue weighted by Gasteiger charge is -2.24. The van der Waals surface area contributed by atoms with Crippen molar-refractivity contribution in [2.24, 2.45) is 5.41 Å². The molecule has 114 valence electrons. The summed E-state index contributed by atoms with van der Waals surface area (Å²) in [7, 11) is 0. The van der Waals surface area contributed by atoms with Crippen LogP contribution in [0, 0.1) is 12.3 Å². The lowest BCUT2D eigenvalue weighted by atomic mass is 9.95. The van der Waals surface area contributed by atoms with Crippen LogP contribution in [0.5, 0.6) is 0 Å². The van der Waals surface area contributed by atoms with E-state index in [1.807, 2.05) is 0 Å². The summed E-state index contributed by atoms with van der Waals surface area (Å²) in [4.78, 5) is 9.40. The third kappa shape index (κ3) is 4.66. The second kappa shape index (κ2) is 5.98. The number of hydrogen-bond acceptors (Lipinski definition) is 4. The molecule has 0 saturated heterocycles. The van der Waals surface area contributed by atoms with E-state index in [9.17, 15) is 0 Å². The van der Waals surface area contributed by atoms with Crippen LogP contribution in [-0.4, -0.2) is 23.1 Å². The Balaban J connectivity index is 3.17. The van der Waals surface area contributed by atoms with Crippen molar-refractivity contribution in [1.82, 2.24) is 9.97 Å². The van der Waals surface area contributed by atoms with Crippen LogP contribution in [0.2, 0.25) is 0 Å². The molecular formula is C16H30N4. The molecule has 0 bridgehead atoms. The van der Waals surface area contributed by atoms with Gasteiger partial charge in [-0.1, -0.05) is 41.5 Å². The number of nitrogens with one attached hydrogen (secondary N) is 2. The molecule has 4 nitrogen and oxygen atoms in total. The van der Waals surface area contributed by atoms with E-state index in [1.54, 1.807) is 0 Å². The Hall–Kier alpha value is -1.32. The van der Waals surface area contributed by atoms with Crippen molar-refractivity contribution in [3.8, 4) is 0 Å². The minimum atomic E-state index is -0.0595. The van der Waals surface area contributed by atoms with Gasteiger partial charge >= 0.3 is 0 Å². The SMILES string of the molecule is CCNc1nc(C(C)(C)C)nc(NCC(C)(C)C)c1C. The topological polar surface area (TPSA) is 49.8 Å². The first kappa shape index (κ1) is 16.7. The van der Waals surface area contributed by atoms with Gasteiger partial charge < -0.3 is 10.6 Å². The van der Waals surface area contributed by atoms with E-state index in [0.717, 1.165) is 36.1 Å². The van der Waals surface area contributed by atoms with Gasteiger partial charge in [0.15, 0.2) is 0 Å². The van der Waals surface area contributed by atoms with Crippen LogP contribution < -0.4 is 10.6 Å². The molecule has 0 radical (unpaired) electrons. The summed E-state index contributed by atoms with van der Waals surface area (Å²) in [5, 5.41) is 6.81. The maximum absolute atomic E-state index is 4.73. The monoisotopic (exact) mass is 278 g/mol. The molecule has 0 aliphatic rings. The molecule has 1 aromatic rings. The Morgan fingerprint density at radius 3 is 1.80 bits per heavy atom. The first-order valence-electron chi connectivity index (χ1n) is 7.41. The van der Waals surface area contributed by atoms with Gasteiger partial charge in [0, 0.05) is 24.1 Å². The van der Waals surface area contributed by atoms with Crippen molar-refractivity contribution >= 4 is 11.6 Å². The number of anilines is 2. The first-order chi connectivity index (χ1) is 9.04. The first-order valence-corrected chi connectivity index (χ1v) is 7.41. The van der Waals surface area contributed by atoms with Crippen LogP contribution in [0.1, 0.15) is 59.9 Å². The van der Waals surface area contributed by atoms with Gasteiger partial charge in [0.05, 0.1) is 0 Å². The summed E-state index contributed by atoms with van der Waals surface area (Å²) < 4.78 is 0. The van der Waals surface area contributed by atoms with Gasteiger partial charge in [-0.3, -0.25) is 0 Å². The Kier molecular flexibility index (Phi) is 5.00. The molecule has 4 heteroatoms. The smallest absolute Gasteiger partial charge is 0.138 e. The lowest BCUT2D eigenvalue weighted by molar-refractivity contribution is 0.442. The van der Waals surface area contributed by atoms with E-state index < -0.39 is 0 Å². The Morgan fingerprint density at radius 2 is 1.40 bits per heavy atom. The summed E-state index contributed by atoms with van der Waals surface area (Å²) >= 11 is 0. The van der Waals surface area contributed by atoms with Crippen molar-refractivity contribution in [2.75, 3.05) is 23.7 Å². The van der Waals surface area contributed by atoms with E-state index in [4.69, 9.17) is 4.98 Å². The van der Waals surface area contributed by atoms with Crippen LogP contribution in [0.4, 0.5) is 11.6 Å². The van der Waals surface area contributed by atoms with Crippen molar-refractivity contribution in [1.29, 1.82) is 0 Å². The summed E-state index contributed by atoms with van der Waals surface area (Å²) in [6.07, 6.45) is 0. The zero-order chi connectivity index (χ0) is 15.6. The largest absolute Gasteiger partial charge is 0.370 e. The van der Waals surface area contributed by atoms with E-state index in [0.29, 0.717) is 0 Å². The predicted molar refractivity (Wildman–Crippen MR) is 87.6 cm³/mol. The fourth-order valence-electron chi connectivity index (χ4n) is 1.71. The van der Waals surface area contributed by atoms with Crippen molar-refractivity contribution in [3.63, 3.8) is 0 Å². The van der Waals surface area contributed by atoms with Gasteiger partial charge in [0.1, 0.15) is 17.5 Å². The summed E-state index contributed by atoms with van der Waals surface area (Å²) in [5.41, 5.74) is 1.25. The molecule has 0 aliphatic heterocycles. The highest BCUT2D eigenvalue weighted by molar-refractivity contribution is 5.57. The van der Waals surface area contributed by atoms with Crippen LogP contribution >= 0.6 is 0 Å². The van der Waals surface area contributed by atoms with Crippen LogP contribution in [0.3, 0.4) is 0 Å². The summed E-state index contributed by atoms with van der Waals surface area (Å²) in [6, 6.07) is 0. The Labute approximate surface area is 123 Å². The molecule has 0 aliphatic carbocycles. The van der Waals surface area contributed by atoms with E-state index >= 15 is 0 Å². The van der Waals surface area contributed by atoms with E-state index in [-0.39, 0.29) is 10.8 Å². The van der Waals surface area contributed by atoms with Gasteiger partial charge in [-0.05, 0) is 19.3 Å². The standard InChI is InChI=1S/C16H30N4/c1-9-17-12-11(2)13(18-10-15(3,4)5)20-14(19-12)16(6,7)8/h9-10H2,1-8H3,(H2,17,18,19,20). The maximum Gasteiger partial charge on any atom is 0.138 e. The fraction of sp³-hybridized carbons (Fsp3) is 0.750. The van der Waals surface area contributed by atoms with Crippen LogP contribution in [-0.2, 0) is 5.41 Å². The normalized spacial score (nSPS) is 12.4. The minimum Gasteiger partial charge on any atom is -0.370 e. The van der Waals surface area contributed by atoms with Crippen LogP contribution in [0.25, 0.3) is 0 Å². The van der Waals surface area contributed by atoms with Gasteiger partial charge in [0.2, 0.25) is 0 Å². The van der Waals surface area contributed by atoms with Gasteiger partial charge in [-0.15, -0.1) is 0 Å². The second-order valence-electron chi connectivity index (χ2n) is 7.56. The molecule has 1 heterocycles.